The van der Waals surface area contributed by atoms with Crippen LogP contribution >= 0.6 is 0 Å². The van der Waals surface area contributed by atoms with E-state index in [1.807, 2.05) is 0 Å². The monoisotopic (exact) mass is 368 g/mol. The highest BCUT2D eigenvalue weighted by atomic mass is 32.2. The third-order valence-electron chi connectivity index (χ3n) is 4.16. The predicted octanol–water partition coefficient (Wildman–Crippen LogP) is 1.46. The molecule has 0 amide bonds. The molecule has 1 aromatic carbocycles. The Morgan fingerprint density at radius 3 is 3.04 bits per heavy atom. The van der Waals surface area contributed by atoms with Gasteiger partial charge in [0.25, 0.3) is 10.2 Å². The quantitative estimate of drug-likeness (QED) is 0.803. The number of nitrogens with one attached hydrogen (secondary N) is 1. The highest BCUT2D eigenvalue weighted by molar-refractivity contribution is 7.87. The van der Waals surface area contributed by atoms with Gasteiger partial charge >= 0.3 is 0 Å². The molecule has 1 atom stereocenters. The van der Waals surface area contributed by atoms with Gasteiger partial charge in [0.2, 0.25) is 0 Å². The molecule has 1 unspecified atom stereocenters. The Morgan fingerprint density at radius 1 is 1.44 bits per heavy atom. The molecule has 1 aromatic heterocycles. The molecule has 1 N–H and O–H groups in total. The topological polar surface area (TPSA) is 76.5 Å². The van der Waals surface area contributed by atoms with Crippen molar-refractivity contribution in [2.24, 2.45) is 0 Å². The van der Waals surface area contributed by atoms with Gasteiger partial charge in [0.15, 0.2) is 0 Å². The fraction of sp³-hybridized carbons (Fsp3) is 0.438. The second kappa shape index (κ2) is 7.61. The van der Waals surface area contributed by atoms with Crippen molar-refractivity contribution in [3.63, 3.8) is 0 Å². The molecule has 1 aliphatic heterocycles. The number of rotatable bonds is 7. The Balaban J connectivity index is 1.65. The number of nitrogens with zero attached hydrogens (tertiary/aromatic N) is 3. The molecule has 136 valence electrons. The Morgan fingerprint density at radius 2 is 2.28 bits per heavy atom. The summed E-state index contributed by atoms with van der Waals surface area (Å²) in [5.74, 6) is -0.353. The standard InChI is InChI=1S/C16H21FN4O3S/c1-24-12-16-6-3-7-21(16)25(22,23)19-10-13-9-18-20(11-13)15-5-2-4-14(17)8-15/h2,4-5,8-9,11,16,19H,3,6-7,10,12H2,1H3. The van der Waals surface area contributed by atoms with Gasteiger partial charge in [0.05, 0.1) is 18.5 Å². The molecule has 0 spiro atoms. The van der Waals surface area contributed by atoms with Crippen LogP contribution in [0.5, 0.6) is 0 Å². The Hall–Kier alpha value is -1.81. The van der Waals surface area contributed by atoms with Gasteiger partial charge in [-0.1, -0.05) is 6.07 Å². The minimum absolute atomic E-state index is 0.119. The van der Waals surface area contributed by atoms with Crippen molar-refractivity contribution in [3.8, 4) is 5.69 Å². The molecule has 1 aliphatic rings. The van der Waals surface area contributed by atoms with Crippen LogP contribution in [-0.4, -0.2) is 48.8 Å². The molecule has 2 heterocycles. The van der Waals surface area contributed by atoms with Crippen molar-refractivity contribution in [3.05, 3.63) is 48.0 Å². The molecule has 0 bridgehead atoms. The number of hydrogen-bond acceptors (Lipinski definition) is 4. The van der Waals surface area contributed by atoms with Crippen LogP contribution in [0.15, 0.2) is 36.7 Å². The average Bonchev–Trinajstić information content (AvgIpc) is 3.23. The fourth-order valence-electron chi connectivity index (χ4n) is 2.95. The van der Waals surface area contributed by atoms with Crippen molar-refractivity contribution >= 4 is 10.2 Å². The highest BCUT2D eigenvalue weighted by Crippen LogP contribution is 2.20. The van der Waals surface area contributed by atoms with Crippen molar-refractivity contribution in [2.45, 2.75) is 25.4 Å². The van der Waals surface area contributed by atoms with Crippen LogP contribution in [0, 0.1) is 5.82 Å². The zero-order chi connectivity index (χ0) is 17.9. The number of aromatic nitrogens is 2. The summed E-state index contributed by atoms with van der Waals surface area (Å²) in [4.78, 5) is 0. The van der Waals surface area contributed by atoms with Crippen molar-refractivity contribution in [2.75, 3.05) is 20.3 Å². The van der Waals surface area contributed by atoms with E-state index in [1.165, 1.54) is 21.1 Å². The second-order valence-corrected chi connectivity index (χ2v) is 7.67. The van der Waals surface area contributed by atoms with Gasteiger partial charge < -0.3 is 4.74 Å². The van der Waals surface area contributed by atoms with Gasteiger partial charge in [-0.3, -0.25) is 0 Å². The van der Waals surface area contributed by atoms with Crippen LogP contribution in [0.3, 0.4) is 0 Å². The van der Waals surface area contributed by atoms with Crippen LogP contribution < -0.4 is 4.72 Å². The maximum Gasteiger partial charge on any atom is 0.280 e. The number of methoxy groups -OCH3 is 1. The van der Waals surface area contributed by atoms with E-state index < -0.39 is 10.2 Å². The lowest BCUT2D eigenvalue weighted by molar-refractivity contribution is 0.148. The van der Waals surface area contributed by atoms with Crippen LogP contribution in [0.4, 0.5) is 4.39 Å². The van der Waals surface area contributed by atoms with Crippen LogP contribution in [0.2, 0.25) is 0 Å². The van der Waals surface area contributed by atoms with Crippen molar-refractivity contribution in [1.82, 2.24) is 18.8 Å². The molecular formula is C16H21FN4O3S. The van der Waals surface area contributed by atoms with E-state index in [2.05, 4.69) is 9.82 Å². The molecule has 1 fully saturated rings. The molecule has 1 saturated heterocycles. The molecular weight excluding hydrogens is 347 g/mol. The van der Waals surface area contributed by atoms with E-state index in [0.29, 0.717) is 24.4 Å². The predicted molar refractivity (Wildman–Crippen MR) is 90.9 cm³/mol. The lowest BCUT2D eigenvalue weighted by Crippen LogP contribution is -2.44. The van der Waals surface area contributed by atoms with Crippen molar-refractivity contribution in [1.29, 1.82) is 0 Å². The third kappa shape index (κ3) is 4.24. The lowest BCUT2D eigenvalue weighted by Gasteiger charge is -2.23. The first-order valence-electron chi connectivity index (χ1n) is 8.04. The summed E-state index contributed by atoms with van der Waals surface area (Å²) >= 11 is 0. The summed E-state index contributed by atoms with van der Waals surface area (Å²) in [5.41, 5.74) is 1.27. The fourth-order valence-corrected chi connectivity index (χ4v) is 4.40. The Bertz CT molecular complexity index is 824. The molecule has 25 heavy (non-hydrogen) atoms. The zero-order valence-electron chi connectivity index (χ0n) is 13.9. The van der Waals surface area contributed by atoms with E-state index in [0.717, 1.165) is 12.8 Å². The van der Waals surface area contributed by atoms with E-state index >= 15 is 0 Å². The summed E-state index contributed by atoms with van der Waals surface area (Å²) in [6.45, 7) is 0.998. The maximum atomic E-state index is 13.3. The first-order chi connectivity index (χ1) is 12.0. The Kier molecular flexibility index (Phi) is 5.48. The number of hydrogen-bond donors (Lipinski definition) is 1. The van der Waals surface area contributed by atoms with Crippen LogP contribution in [0.1, 0.15) is 18.4 Å². The largest absolute Gasteiger partial charge is 0.383 e. The van der Waals surface area contributed by atoms with Gasteiger partial charge in [0.1, 0.15) is 5.82 Å². The number of benzene rings is 1. The summed E-state index contributed by atoms with van der Waals surface area (Å²) in [5, 5.41) is 4.15. The molecule has 2 aromatic rings. The van der Waals surface area contributed by atoms with E-state index in [1.54, 1.807) is 31.6 Å². The normalized spacial score (nSPS) is 18.7. The first-order valence-corrected chi connectivity index (χ1v) is 9.48. The van der Waals surface area contributed by atoms with E-state index in [4.69, 9.17) is 4.74 Å². The van der Waals surface area contributed by atoms with Crippen molar-refractivity contribution < 1.29 is 17.5 Å². The molecule has 0 radical (unpaired) electrons. The third-order valence-corrected chi connectivity index (χ3v) is 5.77. The van der Waals surface area contributed by atoms with Crippen LogP contribution in [-0.2, 0) is 21.5 Å². The SMILES string of the molecule is COCC1CCCN1S(=O)(=O)NCc1cnn(-c2cccc(F)c2)c1. The second-order valence-electron chi connectivity index (χ2n) is 5.96. The lowest BCUT2D eigenvalue weighted by atomic mass is 10.2. The summed E-state index contributed by atoms with van der Waals surface area (Å²) in [6.07, 6.45) is 4.86. The molecule has 0 saturated carbocycles. The van der Waals surface area contributed by atoms with Gasteiger partial charge in [-0.15, -0.1) is 0 Å². The minimum atomic E-state index is -3.59. The van der Waals surface area contributed by atoms with E-state index in [-0.39, 0.29) is 18.4 Å². The van der Waals surface area contributed by atoms with Crippen LogP contribution in [0.25, 0.3) is 5.69 Å². The van der Waals surface area contributed by atoms with E-state index in [9.17, 15) is 12.8 Å². The Labute approximate surface area is 146 Å². The summed E-state index contributed by atoms with van der Waals surface area (Å²) in [7, 11) is -2.02. The molecule has 9 heteroatoms. The maximum absolute atomic E-state index is 13.3. The van der Waals surface area contributed by atoms with Gasteiger partial charge in [-0.05, 0) is 31.0 Å². The number of ether oxygens (including phenoxy) is 1. The molecule has 7 nitrogen and oxygen atoms in total. The zero-order valence-corrected chi connectivity index (χ0v) is 14.7. The number of halogens is 1. The smallest absolute Gasteiger partial charge is 0.280 e. The molecule has 3 rings (SSSR count). The summed E-state index contributed by atoms with van der Waals surface area (Å²) in [6, 6.07) is 5.91. The highest BCUT2D eigenvalue weighted by Gasteiger charge is 2.33. The summed E-state index contributed by atoms with van der Waals surface area (Å²) < 4.78 is 48.9. The van der Waals surface area contributed by atoms with Gasteiger partial charge in [-0.2, -0.15) is 22.5 Å². The minimum Gasteiger partial charge on any atom is -0.383 e. The van der Waals surface area contributed by atoms with Gasteiger partial charge in [-0.25, -0.2) is 9.07 Å². The first kappa shape index (κ1) is 18.0. The average molecular weight is 368 g/mol. The molecule has 0 aliphatic carbocycles. The van der Waals surface area contributed by atoms with Gasteiger partial charge in [0, 0.05) is 38.0 Å².